The molecule has 0 amide bonds. The fourth-order valence-electron chi connectivity index (χ4n) is 9.01. The van der Waals surface area contributed by atoms with Crippen LogP contribution in [0, 0.1) is 0 Å². The van der Waals surface area contributed by atoms with Gasteiger partial charge in [0.15, 0.2) is 11.5 Å². The number of hydrogen-bond acceptors (Lipinski definition) is 8. The number of halogens is 30. The molecule has 0 aliphatic heterocycles. The van der Waals surface area contributed by atoms with Crippen LogP contribution in [0.1, 0.15) is 121 Å². The molecular weight excluding hydrogens is 1450 g/mol. The molecule has 0 heterocycles. The van der Waals surface area contributed by atoms with Crippen molar-refractivity contribution in [3.63, 3.8) is 0 Å². The van der Waals surface area contributed by atoms with Crippen molar-refractivity contribution in [3.05, 3.63) is 138 Å². The summed E-state index contributed by atoms with van der Waals surface area (Å²) in [5, 5.41) is 0. The Morgan fingerprint density at radius 2 is 0.535 bits per heavy atom. The van der Waals surface area contributed by atoms with E-state index in [4.69, 9.17) is 23.7 Å². The van der Waals surface area contributed by atoms with Crippen molar-refractivity contribution in [2.75, 3.05) is 13.2 Å². The van der Waals surface area contributed by atoms with Crippen molar-refractivity contribution in [2.24, 2.45) is 0 Å². The monoisotopic (exact) mass is 1510 g/mol. The highest BCUT2D eigenvalue weighted by Gasteiger charge is 2.94. The van der Waals surface area contributed by atoms with Gasteiger partial charge in [-0.15, -0.1) is 0 Å². The normalized spacial score (nSPS) is 13.8. The van der Waals surface area contributed by atoms with Crippen LogP contribution in [0.3, 0.4) is 0 Å². The second kappa shape index (κ2) is 31.3. The first-order chi connectivity index (χ1) is 46.2. The lowest BCUT2D eigenvalue weighted by molar-refractivity contribution is -0.452. The number of hydrogen-bond donors (Lipinski definition) is 0. The summed E-state index contributed by atoms with van der Waals surface area (Å²) in [5.74, 6) is -97.4. The SMILES string of the molecule is O=C(Oc1ccc(OC(=O)c2ccc(OCCCCCCCCC(F)(F)C(F)(F)C(F)(F)C(F)(F)C(F)(F)C(F)(F)C(F)(F)F)cc2)c(OC(=O)c2ccc(-c3ccccc3)cc2)c1)c1ccc(OCCCCCCCCC(F)(F)C(F)(F)C(F)(F)C(F)(F)C(F)(F)C(F)(F)C(F)(F)F)cc1. The summed E-state index contributed by atoms with van der Waals surface area (Å²) >= 11 is 0. The van der Waals surface area contributed by atoms with E-state index in [2.05, 4.69) is 0 Å². The van der Waals surface area contributed by atoms with Crippen molar-refractivity contribution < 1.29 is 170 Å². The van der Waals surface area contributed by atoms with Crippen molar-refractivity contribution in [1.29, 1.82) is 0 Å². The third-order valence-corrected chi connectivity index (χ3v) is 15.0. The van der Waals surface area contributed by atoms with Crippen LogP contribution in [0.15, 0.2) is 121 Å². The van der Waals surface area contributed by atoms with Gasteiger partial charge in [-0.05, 0) is 110 Å². The Labute approximate surface area is 551 Å². The summed E-state index contributed by atoms with van der Waals surface area (Å²) in [4.78, 5) is 40.2. The van der Waals surface area contributed by atoms with Gasteiger partial charge in [0.2, 0.25) is 0 Å². The summed E-state index contributed by atoms with van der Waals surface area (Å²) < 4.78 is 432. The summed E-state index contributed by atoms with van der Waals surface area (Å²) in [7, 11) is 0. The molecule has 0 aliphatic rings. The van der Waals surface area contributed by atoms with Crippen LogP contribution in [-0.2, 0) is 0 Å². The number of carbonyl (C=O) groups excluding carboxylic acids is 3. The molecule has 5 rings (SSSR count). The van der Waals surface area contributed by atoms with Gasteiger partial charge in [-0.1, -0.05) is 93.8 Å². The number of ether oxygens (including phenoxy) is 5. The fourth-order valence-corrected chi connectivity index (χ4v) is 9.01. The van der Waals surface area contributed by atoms with Gasteiger partial charge in [0, 0.05) is 18.9 Å². The molecule has 0 bridgehead atoms. The van der Waals surface area contributed by atoms with Crippen LogP contribution in [0.5, 0.6) is 28.7 Å². The van der Waals surface area contributed by atoms with Crippen LogP contribution in [0.25, 0.3) is 11.1 Å². The molecule has 0 saturated carbocycles. The Balaban J connectivity index is 1.11. The Morgan fingerprint density at radius 1 is 0.257 bits per heavy atom. The maximum atomic E-state index is 14.2. The van der Waals surface area contributed by atoms with Gasteiger partial charge in [-0.25, -0.2) is 14.4 Å². The molecule has 0 unspecified atom stereocenters. The first kappa shape index (κ1) is 83.7. The van der Waals surface area contributed by atoms with Gasteiger partial charge in [-0.2, -0.15) is 132 Å². The quantitative estimate of drug-likeness (QED) is 0.0168. The van der Waals surface area contributed by atoms with Gasteiger partial charge in [0.05, 0.1) is 29.9 Å². The molecule has 0 atom stereocenters. The zero-order chi connectivity index (χ0) is 76.5. The Morgan fingerprint density at radius 3 is 0.891 bits per heavy atom. The zero-order valence-electron chi connectivity index (χ0n) is 51.0. The molecule has 8 nitrogen and oxygen atoms in total. The van der Waals surface area contributed by atoms with Gasteiger partial charge < -0.3 is 23.7 Å². The Hall–Kier alpha value is -7.99. The number of unbranched alkanes of at least 4 members (excludes halogenated alkanes) is 10. The van der Waals surface area contributed by atoms with E-state index >= 15 is 0 Å². The standard InChI is InChI=1S/C63H52F30O8/c64-50(65,52(68,69)54(72,73)56(76,77)58(80,81)60(84,85)62(88,89)90)32-12-5-1-3-7-14-34-97-42-26-22-40(23-27-42)47(94)99-44-30-31-45(46(36-44)101-49(96)39-20-18-38(19-21-39)37-16-10-9-11-17-37)100-48(95)41-24-28-43(29-25-41)98-35-15-8-4-2-6-13-33-51(66,67)53(70,71)55(74,75)57(78,79)59(82,83)61(86,87)63(91,92)93/h9-11,16-31,36H,1-8,12-15,32-35H2. The topological polar surface area (TPSA) is 97.4 Å². The lowest BCUT2D eigenvalue weighted by Crippen LogP contribution is -2.72. The van der Waals surface area contributed by atoms with Crippen molar-refractivity contribution in [3.8, 4) is 39.9 Å². The molecule has 101 heavy (non-hydrogen) atoms. The van der Waals surface area contributed by atoms with Gasteiger partial charge >= 0.3 is 101 Å². The van der Waals surface area contributed by atoms with Crippen LogP contribution < -0.4 is 23.7 Å². The van der Waals surface area contributed by atoms with Crippen LogP contribution in [0.4, 0.5) is 132 Å². The predicted molar refractivity (Wildman–Crippen MR) is 293 cm³/mol. The molecule has 0 radical (unpaired) electrons. The van der Waals surface area contributed by atoms with Crippen molar-refractivity contribution in [2.45, 2.75) is 173 Å². The maximum Gasteiger partial charge on any atom is 0.460 e. The van der Waals surface area contributed by atoms with Gasteiger partial charge in [-0.3, -0.25) is 0 Å². The molecule has 0 fully saturated rings. The molecule has 0 saturated heterocycles. The van der Waals surface area contributed by atoms with E-state index in [9.17, 15) is 146 Å². The lowest BCUT2D eigenvalue weighted by atomic mass is 9.89. The third kappa shape index (κ3) is 17.7. The highest BCUT2D eigenvalue weighted by molar-refractivity contribution is 5.94. The average Bonchev–Trinajstić information content (AvgIpc) is 0.709. The maximum absolute atomic E-state index is 14.2. The van der Waals surface area contributed by atoms with E-state index in [0.717, 1.165) is 23.8 Å². The molecule has 5 aromatic rings. The van der Waals surface area contributed by atoms with Crippen LogP contribution >= 0.6 is 0 Å². The molecule has 562 valence electrons. The lowest BCUT2D eigenvalue weighted by Gasteiger charge is -2.41. The van der Waals surface area contributed by atoms with E-state index in [1.54, 1.807) is 42.5 Å². The van der Waals surface area contributed by atoms with Crippen molar-refractivity contribution >= 4 is 17.9 Å². The second-order valence-corrected chi connectivity index (χ2v) is 22.4. The van der Waals surface area contributed by atoms with E-state index in [0.29, 0.717) is 5.56 Å². The fraction of sp³-hybridized carbons (Fsp3) is 0.476. The summed E-state index contributed by atoms with van der Waals surface area (Å²) in [6, 6.07) is 28.4. The number of rotatable bonds is 37. The summed E-state index contributed by atoms with van der Waals surface area (Å²) in [6.07, 6.45) is -22.8. The third-order valence-electron chi connectivity index (χ3n) is 15.0. The smallest absolute Gasteiger partial charge is 0.460 e. The average molecular weight is 1510 g/mol. The number of esters is 3. The predicted octanol–water partition coefficient (Wildman–Crippen LogP) is 22.0. The summed E-state index contributed by atoms with van der Waals surface area (Å²) in [5.41, 5.74) is 1.29. The number of carbonyl (C=O) groups is 3. The second-order valence-electron chi connectivity index (χ2n) is 22.4. The minimum absolute atomic E-state index is 0.000664. The molecule has 38 heteroatoms. The minimum atomic E-state index is -8.36. The Bertz CT molecular complexity index is 3540. The first-order valence-corrected chi connectivity index (χ1v) is 29.3. The van der Waals surface area contributed by atoms with E-state index < -0.39 is 151 Å². The summed E-state index contributed by atoms with van der Waals surface area (Å²) in [6.45, 7) is -0.131. The largest absolute Gasteiger partial charge is 0.494 e. The van der Waals surface area contributed by atoms with E-state index in [1.165, 1.54) is 60.7 Å². The van der Waals surface area contributed by atoms with E-state index in [1.807, 2.05) is 0 Å². The van der Waals surface area contributed by atoms with Crippen LogP contribution in [-0.4, -0.2) is 115 Å². The van der Waals surface area contributed by atoms with Crippen LogP contribution in [0.2, 0.25) is 0 Å². The Kier molecular flexibility index (Phi) is 25.9. The van der Waals surface area contributed by atoms with Gasteiger partial charge in [0.1, 0.15) is 17.2 Å². The minimum Gasteiger partial charge on any atom is -0.494 e. The molecule has 0 aromatic heterocycles. The molecule has 0 N–H and O–H groups in total. The van der Waals surface area contributed by atoms with Gasteiger partial charge in [0.25, 0.3) is 0 Å². The molecule has 5 aromatic carbocycles. The number of alkyl halides is 30. The zero-order valence-corrected chi connectivity index (χ0v) is 51.0. The van der Waals surface area contributed by atoms with Crippen molar-refractivity contribution in [1.82, 2.24) is 0 Å². The molecule has 0 spiro atoms. The first-order valence-electron chi connectivity index (χ1n) is 29.3. The molecule has 0 aliphatic carbocycles. The van der Waals surface area contributed by atoms with E-state index in [-0.39, 0.29) is 98.5 Å². The molecular formula is C63H52F30O8. The highest BCUT2D eigenvalue weighted by Crippen LogP contribution is 2.65. The number of benzene rings is 5. The highest BCUT2D eigenvalue weighted by atomic mass is 19.4.